The number of Topliss-reactive ketones (excluding diaryl/α,β-unsaturated/α-hetero) is 1. The Balaban J connectivity index is 1.69. The van der Waals surface area contributed by atoms with Gasteiger partial charge in [0, 0.05) is 10.4 Å². The maximum absolute atomic E-state index is 13.3. The summed E-state index contributed by atoms with van der Waals surface area (Å²) in [5.74, 6) is -0.802. The Kier molecular flexibility index (Phi) is 6.22. The summed E-state index contributed by atoms with van der Waals surface area (Å²) in [4.78, 5) is 33.3. The van der Waals surface area contributed by atoms with Crippen molar-refractivity contribution >= 4 is 67.1 Å². The summed E-state index contributed by atoms with van der Waals surface area (Å²) in [6, 6.07) is 13.0. The van der Waals surface area contributed by atoms with Gasteiger partial charge in [-0.2, -0.15) is 0 Å². The number of fused-ring (bicyclic) bond motifs is 1. The Morgan fingerprint density at radius 2 is 1.97 bits per heavy atom. The van der Waals surface area contributed by atoms with Crippen LogP contribution in [0.4, 0.5) is 5.13 Å². The number of aliphatic hydroxyl groups excluding tert-OH is 1. The van der Waals surface area contributed by atoms with E-state index in [0.29, 0.717) is 33.6 Å². The molecular formula is C25H19ClN2O5S2. The summed E-state index contributed by atoms with van der Waals surface area (Å²) in [5, 5.41) is 13.7. The van der Waals surface area contributed by atoms with Crippen LogP contribution >= 0.6 is 34.3 Å². The number of rotatable bonds is 6. The van der Waals surface area contributed by atoms with Gasteiger partial charge in [-0.05, 0) is 54.8 Å². The fourth-order valence-electron chi connectivity index (χ4n) is 3.96. The lowest BCUT2D eigenvalue weighted by Gasteiger charge is -2.21. The molecule has 0 bridgehead atoms. The van der Waals surface area contributed by atoms with Crippen molar-refractivity contribution in [2.75, 3.05) is 18.6 Å². The maximum atomic E-state index is 13.3. The lowest BCUT2D eigenvalue weighted by molar-refractivity contribution is -0.132. The van der Waals surface area contributed by atoms with E-state index in [1.807, 2.05) is 42.6 Å². The van der Waals surface area contributed by atoms with Crippen molar-refractivity contribution < 1.29 is 24.2 Å². The van der Waals surface area contributed by atoms with Gasteiger partial charge in [0.15, 0.2) is 5.13 Å². The Labute approximate surface area is 213 Å². The molecule has 0 radical (unpaired) electrons. The van der Waals surface area contributed by atoms with Crippen LogP contribution in [0.15, 0.2) is 59.5 Å². The molecular weight excluding hydrogens is 508 g/mol. The normalized spacial score (nSPS) is 17.3. The van der Waals surface area contributed by atoms with Crippen LogP contribution in [0.2, 0.25) is 5.02 Å². The average Bonchev–Trinajstić information content (AvgIpc) is 3.58. The Hall–Kier alpha value is -3.40. The number of aliphatic hydroxyl groups is 1. The predicted molar refractivity (Wildman–Crippen MR) is 138 cm³/mol. The van der Waals surface area contributed by atoms with Crippen LogP contribution in [0.5, 0.6) is 11.5 Å². The van der Waals surface area contributed by atoms with Crippen LogP contribution in [0, 0.1) is 0 Å². The fraction of sp³-hybridized carbons (Fsp3) is 0.160. The minimum Gasteiger partial charge on any atom is -0.507 e. The number of hydrogen-bond donors (Lipinski definition) is 1. The number of anilines is 1. The molecule has 1 unspecified atom stereocenters. The number of hydrogen-bond acceptors (Lipinski definition) is 8. The number of nitrogens with zero attached hydrogens (tertiary/aromatic N) is 2. The standard InChI is InChI=1S/C25H19ClN2O5S2/c1-3-33-14-7-9-17-19(12-14)35-25(27-17)28-21(18-5-4-10-34-18)20(23(30)24(28)31)22(29)15-11-13(32-2)6-8-16(15)26/h4-12,21,29H,3H2,1-2H3/b22-20+. The highest BCUT2D eigenvalue weighted by atomic mass is 35.5. The fourth-order valence-corrected chi connectivity index (χ4v) is 6.01. The lowest BCUT2D eigenvalue weighted by atomic mass is 10.00. The number of methoxy groups -OCH3 is 1. The number of aromatic nitrogens is 1. The summed E-state index contributed by atoms with van der Waals surface area (Å²) >= 11 is 9.00. The van der Waals surface area contributed by atoms with E-state index in [-0.39, 0.29) is 21.9 Å². The van der Waals surface area contributed by atoms with E-state index in [1.165, 1.54) is 40.7 Å². The molecule has 0 aliphatic carbocycles. The summed E-state index contributed by atoms with van der Waals surface area (Å²) in [6.45, 7) is 2.42. The van der Waals surface area contributed by atoms with Crippen LogP contribution < -0.4 is 14.4 Å². The minimum atomic E-state index is -0.857. The first kappa shape index (κ1) is 23.3. The van der Waals surface area contributed by atoms with Gasteiger partial charge >= 0.3 is 5.91 Å². The van der Waals surface area contributed by atoms with E-state index in [2.05, 4.69) is 4.98 Å². The van der Waals surface area contributed by atoms with E-state index >= 15 is 0 Å². The van der Waals surface area contributed by atoms with Gasteiger partial charge in [-0.1, -0.05) is 29.0 Å². The molecule has 2 aromatic heterocycles. The minimum absolute atomic E-state index is 0.0538. The first-order chi connectivity index (χ1) is 16.9. The van der Waals surface area contributed by atoms with Crippen LogP contribution in [-0.2, 0) is 9.59 Å². The highest BCUT2D eigenvalue weighted by Gasteiger charge is 2.48. The number of thiazole rings is 1. The van der Waals surface area contributed by atoms with Gasteiger partial charge in [0.05, 0.1) is 34.5 Å². The molecule has 10 heteroatoms. The van der Waals surface area contributed by atoms with E-state index in [4.69, 9.17) is 21.1 Å². The molecule has 1 amide bonds. The quantitative estimate of drug-likeness (QED) is 0.187. The molecule has 1 saturated heterocycles. The van der Waals surface area contributed by atoms with E-state index < -0.39 is 17.7 Å². The molecule has 1 atom stereocenters. The second kappa shape index (κ2) is 9.33. The van der Waals surface area contributed by atoms with Crippen molar-refractivity contribution in [3.63, 3.8) is 0 Å². The second-order valence-corrected chi connectivity index (χ2v) is 9.98. The molecule has 1 aliphatic heterocycles. The smallest absolute Gasteiger partial charge is 0.301 e. The summed E-state index contributed by atoms with van der Waals surface area (Å²) in [6.07, 6.45) is 0. The second-order valence-electron chi connectivity index (χ2n) is 7.59. The largest absolute Gasteiger partial charge is 0.507 e. The van der Waals surface area contributed by atoms with Gasteiger partial charge in [0.1, 0.15) is 23.3 Å². The number of carbonyl (C=O) groups excluding carboxylic acids is 2. The summed E-state index contributed by atoms with van der Waals surface area (Å²) < 4.78 is 11.6. The van der Waals surface area contributed by atoms with Gasteiger partial charge < -0.3 is 14.6 Å². The van der Waals surface area contributed by atoms with Gasteiger partial charge in [0.25, 0.3) is 5.78 Å². The molecule has 178 valence electrons. The van der Waals surface area contributed by atoms with E-state index in [0.717, 1.165) is 4.70 Å². The SMILES string of the molecule is CCOc1ccc2nc(N3C(=O)C(=O)/C(=C(/O)c4cc(OC)ccc4Cl)C3c3cccs3)sc2c1. The molecule has 0 spiro atoms. The number of carbonyl (C=O) groups is 2. The number of ketones is 1. The molecule has 7 nitrogen and oxygen atoms in total. The molecule has 1 fully saturated rings. The first-order valence-corrected chi connectivity index (χ1v) is 12.7. The number of thiophene rings is 1. The molecule has 3 heterocycles. The van der Waals surface area contributed by atoms with E-state index in [1.54, 1.807) is 12.1 Å². The van der Waals surface area contributed by atoms with Crippen LogP contribution in [0.1, 0.15) is 23.4 Å². The Morgan fingerprint density at radius 1 is 1.17 bits per heavy atom. The lowest BCUT2D eigenvalue weighted by Crippen LogP contribution is -2.28. The Morgan fingerprint density at radius 3 is 2.69 bits per heavy atom. The van der Waals surface area contributed by atoms with Gasteiger partial charge in [0.2, 0.25) is 0 Å². The summed E-state index contributed by atoms with van der Waals surface area (Å²) in [5.41, 5.74) is 0.828. The van der Waals surface area contributed by atoms with Gasteiger partial charge in [-0.15, -0.1) is 11.3 Å². The molecule has 1 N–H and O–H groups in total. The molecule has 35 heavy (non-hydrogen) atoms. The molecule has 1 aliphatic rings. The number of ether oxygens (including phenoxy) is 2. The molecule has 2 aromatic carbocycles. The topological polar surface area (TPSA) is 89.0 Å². The average molecular weight is 527 g/mol. The highest BCUT2D eigenvalue weighted by Crippen LogP contribution is 2.46. The van der Waals surface area contributed by atoms with Crippen molar-refractivity contribution in [3.05, 3.63) is 74.9 Å². The van der Waals surface area contributed by atoms with Gasteiger partial charge in [-0.25, -0.2) is 4.98 Å². The Bertz CT molecular complexity index is 1480. The number of halogens is 1. The van der Waals surface area contributed by atoms with Crippen LogP contribution in [-0.4, -0.2) is 35.5 Å². The van der Waals surface area contributed by atoms with Crippen molar-refractivity contribution in [1.82, 2.24) is 4.98 Å². The van der Waals surface area contributed by atoms with Crippen molar-refractivity contribution in [3.8, 4) is 11.5 Å². The third-order valence-electron chi connectivity index (χ3n) is 5.55. The maximum Gasteiger partial charge on any atom is 0.301 e. The van der Waals surface area contributed by atoms with Crippen LogP contribution in [0.25, 0.3) is 16.0 Å². The zero-order valence-corrected chi connectivity index (χ0v) is 21.0. The number of amides is 1. The van der Waals surface area contributed by atoms with Crippen molar-refractivity contribution in [1.29, 1.82) is 0 Å². The number of benzene rings is 2. The monoisotopic (exact) mass is 526 g/mol. The van der Waals surface area contributed by atoms with Crippen molar-refractivity contribution in [2.45, 2.75) is 13.0 Å². The third-order valence-corrected chi connectivity index (χ3v) is 7.82. The zero-order chi connectivity index (χ0) is 24.7. The van der Waals surface area contributed by atoms with E-state index in [9.17, 15) is 14.7 Å². The van der Waals surface area contributed by atoms with Crippen LogP contribution in [0.3, 0.4) is 0 Å². The summed E-state index contributed by atoms with van der Waals surface area (Å²) in [7, 11) is 1.49. The molecule has 5 rings (SSSR count). The highest BCUT2D eigenvalue weighted by molar-refractivity contribution is 7.22. The predicted octanol–water partition coefficient (Wildman–Crippen LogP) is 6.04. The van der Waals surface area contributed by atoms with Gasteiger partial charge in [-0.3, -0.25) is 14.5 Å². The molecule has 4 aromatic rings. The van der Waals surface area contributed by atoms with Crippen molar-refractivity contribution in [2.24, 2.45) is 0 Å². The first-order valence-electron chi connectivity index (χ1n) is 10.6. The third kappa shape index (κ3) is 4.05. The zero-order valence-electron chi connectivity index (χ0n) is 18.6. The molecule has 0 saturated carbocycles.